The molecule has 3 fully saturated rings. The summed E-state index contributed by atoms with van der Waals surface area (Å²) in [7, 11) is 0. The smallest absolute Gasteiger partial charge is 0.222 e. The van der Waals surface area contributed by atoms with Gasteiger partial charge in [0.2, 0.25) is 5.91 Å². The Morgan fingerprint density at radius 3 is 3.09 bits per heavy atom. The van der Waals surface area contributed by atoms with Crippen molar-refractivity contribution in [2.45, 2.75) is 50.3 Å². The van der Waals surface area contributed by atoms with Crippen LogP contribution in [-0.2, 0) is 16.1 Å². The summed E-state index contributed by atoms with van der Waals surface area (Å²) in [5.41, 5.74) is -0.0572. The zero-order valence-corrected chi connectivity index (χ0v) is 13.0. The normalized spacial score (nSPS) is 33.2. The van der Waals surface area contributed by atoms with Gasteiger partial charge in [0, 0.05) is 38.7 Å². The maximum absolute atomic E-state index is 12.0. The number of hydrogen-bond acceptors (Lipinski definition) is 4. The molecule has 4 rings (SSSR count). The van der Waals surface area contributed by atoms with E-state index in [-0.39, 0.29) is 5.60 Å². The summed E-state index contributed by atoms with van der Waals surface area (Å²) < 4.78 is 11.6. The monoisotopic (exact) mass is 304 g/mol. The molecule has 0 aliphatic carbocycles. The molecule has 5 nitrogen and oxygen atoms in total. The molecule has 0 unspecified atom stereocenters. The van der Waals surface area contributed by atoms with Crippen LogP contribution in [0, 0.1) is 0 Å². The number of ether oxygens (including phenoxy) is 1. The second kappa shape index (κ2) is 5.70. The van der Waals surface area contributed by atoms with E-state index in [0.29, 0.717) is 11.9 Å². The SMILES string of the molecule is O=C1CCCN1[C@@H]1CCO[C@]2(CCN(Cc3ccco3)C2)C1. The average Bonchev–Trinajstić information content (AvgIpc) is 3.23. The topological polar surface area (TPSA) is 45.9 Å². The maximum atomic E-state index is 12.0. The predicted octanol–water partition coefficient (Wildman–Crippen LogP) is 2.03. The van der Waals surface area contributed by atoms with Crippen molar-refractivity contribution in [2.75, 3.05) is 26.2 Å². The maximum Gasteiger partial charge on any atom is 0.222 e. The molecule has 0 aromatic carbocycles. The van der Waals surface area contributed by atoms with Gasteiger partial charge in [0.25, 0.3) is 0 Å². The number of likely N-dealkylation sites (tertiary alicyclic amines) is 2. The van der Waals surface area contributed by atoms with Crippen LogP contribution in [0.3, 0.4) is 0 Å². The lowest BCUT2D eigenvalue weighted by atomic mass is 9.89. The lowest BCUT2D eigenvalue weighted by Gasteiger charge is -2.41. The molecule has 4 heterocycles. The summed E-state index contributed by atoms with van der Waals surface area (Å²) in [5, 5.41) is 0. The average molecular weight is 304 g/mol. The Balaban J connectivity index is 1.40. The number of amides is 1. The molecule has 0 radical (unpaired) electrons. The lowest BCUT2D eigenvalue weighted by molar-refractivity contribution is -0.137. The van der Waals surface area contributed by atoms with Gasteiger partial charge in [-0.25, -0.2) is 0 Å². The Labute approximate surface area is 131 Å². The van der Waals surface area contributed by atoms with Crippen molar-refractivity contribution in [2.24, 2.45) is 0 Å². The van der Waals surface area contributed by atoms with E-state index in [4.69, 9.17) is 9.15 Å². The first kappa shape index (κ1) is 14.3. The van der Waals surface area contributed by atoms with Crippen molar-refractivity contribution in [1.82, 2.24) is 9.80 Å². The summed E-state index contributed by atoms with van der Waals surface area (Å²) >= 11 is 0. The van der Waals surface area contributed by atoms with Crippen molar-refractivity contribution in [1.29, 1.82) is 0 Å². The first-order chi connectivity index (χ1) is 10.7. The second-order valence-electron chi connectivity index (χ2n) is 6.91. The number of carbonyl (C=O) groups is 1. The second-order valence-corrected chi connectivity index (χ2v) is 6.91. The molecule has 1 amide bonds. The van der Waals surface area contributed by atoms with E-state index in [1.807, 2.05) is 12.1 Å². The lowest BCUT2D eigenvalue weighted by Crippen LogP contribution is -2.50. The van der Waals surface area contributed by atoms with Crippen molar-refractivity contribution in [3.63, 3.8) is 0 Å². The van der Waals surface area contributed by atoms with Crippen LogP contribution in [0.4, 0.5) is 0 Å². The molecule has 2 atom stereocenters. The van der Waals surface area contributed by atoms with Crippen LogP contribution in [0.15, 0.2) is 22.8 Å². The number of hydrogen-bond donors (Lipinski definition) is 0. The molecule has 120 valence electrons. The highest BCUT2D eigenvalue weighted by Gasteiger charge is 2.45. The van der Waals surface area contributed by atoms with Gasteiger partial charge in [0.1, 0.15) is 5.76 Å². The summed E-state index contributed by atoms with van der Waals surface area (Å²) in [4.78, 5) is 16.5. The summed E-state index contributed by atoms with van der Waals surface area (Å²) in [6, 6.07) is 4.35. The molecule has 3 aliphatic rings. The molecule has 3 aliphatic heterocycles. The van der Waals surface area contributed by atoms with Gasteiger partial charge in [-0.05, 0) is 37.8 Å². The third kappa shape index (κ3) is 2.68. The van der Waals surface area contributed by atoms with E-state index in [2.05, 4.69) is 9.80 Å². The van der Waals surface area contributed by atoms with Gasteiger partial charge in [-0.3, -0.25) is 9.69 Å². The van der Waals surface area contributed by atoms with Gasteiger partial charge < -0.3 is 14.1 Å². The third-order valence-corrected chi connectivity index (χ3v) is 5.37. The highest BCUT2D eigenvalue weighted by Crippen LogP contribution is 2.37. The van der Waals surface area contributed by atoms with E-state index in [9.17, 15) is 4.79 Å². The first-order valence-corrected chi connectivity index (χ1v) is 8.42. The first-order valence-electron chi connectivity index (χ1n) is 8.42. The fraction of sp³-hybridized carbons (Fsp3) is 0.706. The van der Waals surface area contributed by atoms with Gasteiger partial charge in [0.05, 0.1) is 18.4 Å². The summed E-state index contributed by atoms with van der Waals surface area (Å²) in [5.74, 6) is 1.35. The fourth-order valence-corrected chi connectivity index (χ4v) is 4.29. The minimum absolute atomic E-state index is 0.0572. The van der Waals surface area contributed by atoms with Crippen molar-refractivity contribution in [3.05, 3.63) is 24.2 Å². The molecular weight excluding hydrogens is 280 g/mol. The van der Waals surface area contributed by atoms with Crippen LogP contribution in [0.25, 0.3) is 0 Å². The Kier molecular flexibility index (Phi) is 3.70. The molecule has 0 bridgehead atoms. The van der Waals surface area contributed by atoms with E-state index in [0.717, 1.165) is 70.7 Å². The molecule has 22 heavy (non-hydrogen) atoms. The van der Waals surface area contributed by atoms with Crippen LogP contribution in [0.1, 0.15) is 37.9 Å². The molecule has 5 heteroatoms. The molecule has 1 spiro atoms. The Hall–Kier alpha value is -1.33. The Bertz CT molecular complexity index is 530. The van der Waals surface area contributed by atoms with Crippen LogP contribution in [-0.4, -0.2) is 53.6 Å². The van der Waals surface area contributed by atoms with Crippen LogP contribution >= 0.6 is 0 Å². The molecule has 0 saturated carbocycles. The molecule has 0 N–H and O–H groups in total. The van der Waals surface area contributed by atoms with E-state index in [1.165, 1.54) is 0 Å². The minimum atomic E-state index is -0.0572. The Morgan fingerprint density at radius 1 is 1.36 bits per heavy atom. The van der Waals surface area contributed by atoms with Gasteiger partial charge in [-0.1, -0.05) is 0 Å². The van der Waals surface area contributed by atoms with Gasteiger partial charge in [0.15, 0.2) is 0 Å². The van der Waals surface area contributed by atoms with Gasteiger partial charge in [-0.15, -0.1) is 0 Å². The van der Waals surface area contributed by atoms with Crippen LogP contribution in [0.2, 0.25) is 0 Å². The number of carbonyl (C=O) groups excluding carboxylic acids is 1. The fourth-order valence-electron chi connectivity index (χ4n) is 4.29. The molecule has 1 aromatic rings. The van der Waals surface area contributed by atoms with Crippen molar-refractivity contribution >= 4 is 5.91 Å². The van der Waals surface area contributed by atoms with E-state index in [1.54, 1.807) is 6.26 Å². The largest absolute Gasteiger partial charge is 0.468 e. The van der Waals surface area contributed by atoms with Crippen molar-refractivity contribution < 1.29 is 13.9 Å². The highest BCUT2D eigenvalue weighted by atomic mass is 16.5. The van der Waals surface area contributed by atoms with Crippen LogP contribution in [0.5, 0.6) is 0 Å². The number of furan rings is 1. The van der Waals surface area contributed by atoms with Crippen molar-refractivity contribution in [3.8, 4) is 0 Å². The molecule has 3 saturated heterocycles. The number of nitrogens with zero attached hydrogens (tertiary/aromatic N) is 2. The summed E-state index contributed by atoms with van der Waals surface area (Å²) in [6.07, 6.45) is 6.53. The summed E-state index contributed by atoms with van der Waals surface area (Å²) in [6.45, 7) is 4.57. The number of rotatable bonds is 3. The van der Waals surface area contributed by atoms with Gasteiger partial charge in [-0.2, -0.15) is 0 Å². The van der Waals surface area contributed by atoms with E-state index < -0.39 is 0 Å². The molecular formula is C17H24N2O3. The zero-order chi connectivity index (χ0) is 15.0. The third-order valence-electron chi connectivity index (χ3n) is 5.37. The quantitative estimate of drug-likeness (QED) is 0.857. The van der Waals surface area contributed by atoms with E-state index >= 15 is 0 Å². The zero-order valence-electron chi connectivity index (χ0n) is 13.0. The van der Waals surface area contributed by atoms with Crippen LogP contribution < -0.4 is 0 Å². The van der Waals surface area contributed by atoms with Gasteiger partial charge >= 0.3 is 0 Å². The highest BCUT2D eigenvalue weighted by molar-refractivity contribution is 5.78. The standard InChI is InChI=1S/C17H24N2O3/c20-16-4-1-7-19(16)14-5-10-22-17(11-14)6-8-18(13-17)12-15-3-2-9-21-15/h2-3,9,14H,1,4-8,10-13H2/t14-,17-/m1/s1. The minimum Gasteiger partial charge on any atom is -0.468 e. The molecule has 1 aromatic heterocycles. The predicted molar refractivity (Wildman–Crippen MR) is 81.3 cm³/mol. The Morgan fingerprint density at radius 2 is 2.32 bits per heavy atom.